The average Bonchev–Trinajstić information content (AvgIpc) is 2.86. The van der Waals surface area contributed by atoms with Crippen LogP contribution in [0.3, 0.4) is 0 Å². The summed E-state index contributed by atoms with van der Waals surface area (Å²) in [5.41, 5.74) is 2.05. The fourth-order valence-corrected chi connectivity index (χ4v) is 4.64. The Morgan fingerprint density at radius 3 is 2.71 bits per heavy atom. The van der Waals surface area contributed by atoms with Gasteiger partial charge in [-0.1, -0.05) is 35.9 Å². The first-order valence-corrected chi connectivity index (χ1v) is 10.2. The highest BCUT2D eigenvalue weighted by Crippen LogP contribution is 2.45. The molecule has 1 atom stereocenters. The molecule has 5 nitrogen and oxygen atoms in total. The summed E-state index contributed by atoms with van der Waals surface area (Å²) >= 11 is 12.8. The average molecular weight is 430 g/mol. The van der Waals surface area contributed by atoms with E-state index in [-0.39, 0.29) is 21.5 Å². The number of thioether (sulfide) groups is 1. The Kier molecular flexibility index (Phi) is 5.14. The van der Waals surface area contributed by atoms with E-state index < -0.39 is 5.56 Å². The zero-order chi connectivity index (χ0) is 19.8. The molecule has 1 aliphatic heterocycles. The van der Waals surface area contributed by atoms with Crippen molar-refractivity contribution in [1.29, 1.82) is 0 Å². The lowest BCUT2D eigenvalue weighted by Gasteiger charge is -2.17. The van der Waals surface area contributed by atoms with Gasteiger partial charge in [-0.05, 0) is 42.0 Å². The van der Waals surface area contributed by atoms with E-state index in [1.54, 1.807) is 18.8 Å². The Balaban J connectivity index is 1.90. The lowest BCUT2D eigenvalue weighted by atomic mass is 10.0. The molecule has 4 rings (SSSR count). The minimum atomic E-state index is -0.446. The number of aliphatic imine (C=N–C) groups is 1. The normalized spacial score (nSPS) is 16.2. The summed E-state index contributed by atoms with van der Waals surface area (Å²) in [6.45, 7) is 0. The number of fused-ring (bicyclic) bond motifs is 1. The van der Waals surface area contributed by atoms with Gasteiger partial charge in [-0.2, -0.15) is 0 Å². The molecule has 2 aromatic carbocycles. The second-order valence-electron chi connectivity index (χ2n) is 6.41. The summed E-state index contributed by atoms with van der Waals surface area (Å²) in [6, 6.07) is 15.4. The topological polar surface area (TPSA) is 70.4 Å². The van der Waals surface area contributed by atoms with Gasteiger partial charge >= 0.3 is 0 Å². The quantitative estimate of drug-likeness (QED) is 0.552. The summed E-state index contributed by atoms with van der Waals surface area (Å²) in [5.74, 6) is -0.188. The summed E-state index contributed by atoms with van der Waals surface area (Å²) in [5, 5.41) is 11.3. The van der Waals surface area contributed by atoms with Gasteiger partial charge in [0.25, 0.3) is 5.56 Å². The maximum atomic E-state index is 12.6. The number of aromatic hydroxyl groups is 1. The molecule has 3 aromatic rings. The Labute approximate surface area is 175 Å². The third-order valence-corrected chi connectivity index (χ3v) is 6.54. The van der Waals surface area contributed by atoms with E-state index >= 15 is 0 Å². The third kappa shape index (κ3) is 3.53. The molecule has 0 amide bonds. The first-order valence-electron chi connectivity index (χ1n) is 8.55. The highest BCUT2D eigenvalue weighted by molar-refractivity contribution is 7.99. The van der Waals surface area contributed by atoms with E-state index in [9.17, 15) is 9.90 Å². The van der Waals surface area contributed by atoms with E-state index in [0.717, 1.165) is 16.1 Å². The van der Waals surface area contributed by atoms with Crippen molar-refractivity contribution in [2.45, 2.75) is 16.6 Å². The van der Waals surface area contributed by atoms with Crippen molar-refractivity contribution < 1.29 is 5.11 Å². The zero-order valence-electron chi connectivity index (χ0n) is 14.8. The molecule has 0 unspecified atom stereocenters. The smallest absolute Gasteiger partial charge is 0.264 e. The Morgan fingerprint density at radius 2 is 1.96 bits per heavy atom. The second kappa shape index (κ2) is 7.58. The Bertz CT molecular complexity index is 1200. The molecule has 2 N–H and O–H groups in total. The van der Waals surface area contributed by atoms with Crippen molar-refractivity contribution >= 4 is 47.0 Å². The van der Waals surface area contributed by atoms with Crippen LogP contribution < -0.4 is 5.56 Å². The van der Waals surface area contributed by atoms with Gasteiger partial charge in [0.05, 0.1) is 11.4 Å². The van der Waals surface area contributed by atoms with Gasteiger partial charge in [0.15, 0.2) is 4.77 Å². The standard InChI is InChI=1S/C20H16ClN3O2S2/c1-24-19(26)17(18(25)23-20(24)27)14-10-16(11-6-8-12(21)9-7-11)28-15-5-3-2-4-13(15)22-14/h2-9,16,26H,10H2,1H3,(H,23,25,27)/t16-/m1/s1. The Morgan fingerprint density at radius 1 is 1.25 bits per heavy atom. The lowest BCUT2D eigenvalue weighted by molar-refractivity contribution is 0.419. The van der Waals surface area contributed by atoms with Crippen LogP contribution in [-0.4, -0.2) is 20.4 Å². The molecule has 0 saturated heterocycles. The van der Waals surface area contributed by atoms with Gasteiger partial charge in [-0.3, -0.25) is 19.3 Å². The second-order valence-corrected chi connectivity index (χ2v) is 8.47. The molecule has 1 aliphatic rings. The molecule has 2 heterocycles. The molecular formula is C20H16ClN3O2S2. The molecular weight excluding hydrogens is 414 g/mol. The first-order chi connectivity index (χ1) is 13.4. The van der Waals surface area contributed by atoms with Gasteiger partial charge < -0.3 is 5.11 Å². The number of nitrogens with zero attached hydrogens (tertiary/aromatic N) is 2. The predicted octanol–water partition coefficient (Wildman–Crippen LogP) is 5.16. The maximum Gasteiger partial charge on any atom is 0.264 e. The van der Waals surface area contributed by atoms with Gasteiger partial charge in [0.1, 0.15) is 5.56 Å². The number of aromatic amines is 1. The molecule has 0 radical (unpaired) electrons. The number of hydrogen-bond donors (Lipinski definition) is 2. The van der Waals surface area contributed by atoms with Crippen LogP contribution in [-0.2, 0) is 7.05 Å². The fourth-order valence-electron chi connectivity index (χ4n) is 3.10. The van der Waals surface area contributed by atoms with Crippen molar-refractivity contribution in [3.63, 3.8) is 0 Å². The number of nitrogens with one attached hydrogen (secondary N) is 1. The minimum absolute atomic E-state index is 0.00644. The number of benzene rings is 2. The van der Waals surface area contributed by atoms with Crippen LogP contribution in [0.1, 0.15) is 22.8 Å². The molecule has 0 saturated carbocycles. The van der Waals surface area contributed by atoms with E-state index in [2.05, 4.69) is 4.98 Å². The zero-order valence-corrected chi connectivity index (χ0v) is 17.2. The van der Waals surface area contributed by atoms with Crippen LogP contribution in [0.25, 0.3) is 0 Å². The van der Waals surface area contributed by atoms with Gasteiger partial charge in [-0.15, -0.1) is 11.8 Å². The van der Waals surface area contributed by atoms with Crippen molar-refractivity contribution in [1.82, 2.24) is 9.55 Å². The number of H-pyrrole nitrogens is 1. The summed E-state index contributed by atoms with van der Waals surface area (Å²) < 4.78 is 1.53. The number of para-hydroxylation sites is 1. The fraction of sp³-hybridized carbons (Fsp3) is 0.150. The highest BCUT2D eigenvalue weighted by atomic mass is 35.5. The van der Waals surface area contributed by atoms with Crippen LogP contribution in [0.2, 0.25) is 5.02 Å². The number of aromatic nitrogens is 2. The Hall–Kier alpha value is -2.35. The number of hydrogen-bond acceptors (Lipinski definition) is 5. The van der Waals surface area contributed by atoms with Crippen LogP contribution in [0, 0.1) is 4.77 Å². The molecule has 0 fully saturated rings. The van der Waals surface area contributed by atoms with Crippen LogP contribution >= 0.6 is 35.6 Å². The van der Waals surface area contributed by atoms with E-state index in [1.165, 1.54) is 4.57 Å². The van der Waals surface area contributed by atoms with Crippen molar-refractivity contribution in [3.8, 4) is 5.88 Å². The van der Waals surface area contributed by atoms with E-state index in [1.807, 2.05) is 48.5 Å². The summed E-state index contributed by atoms with van der Waals surface area (Å²) in [6.07, 6.45) is 0.467. The predicted molar refractivity (Wildman–Crippen MR) is 116 cm³/mol. The molecule has 142 valence electrons. The molecule has 0 bridgehead atoms. The summed E-state index contributed by atoms with van der Waals surface area (Å²) in [4.78, 5) is 21.0. The SMILES string of the molecule is Cn1c(O)c(C2=Nc3ccccc3S[C@@H](c3ccc(Cl)cc3)C2)c(=O)[nH]c1=S. The van der Waals surface area contributed by atoms with Crippen molar-refractivity contribution in [3.05, 3.63) is 79.8 Å². The van der Waals surface area contributed by atoms with E-state index in [4.69, 9.17) is 28.8 Å². The summed E-state index contributed by atoms with van der Waals surface area (Å²) in [7, 11) is 1.60. The van der Waals surface area contributed by atoms with Gasteiger partial charge in [0, 0.05) is 28.6 Å². The molecule has 0 spiro atoms. The van der Waals surface area contributed by atoms with Crippen molar-refractivity contribution in [2.75, 3.05) is 0 Å². The maximum absolute atomic E-state index is 12.6. The largest absolute Gasteiger partial charge is 0.494 e. The monoisotopic (exact) mass is 429 g/mol. The first kappa shape index (κ1) is 19.0. The lowest BCUT2D eigenvalue weighted by Crippen LogP contribution is -2.23. The highest BCUT2D eigenvalue weighted by Gasteiger charge is 2.26. The van der Waals surface area contributed by atoms with Crippen LogP contribution in [0.4, 0.5) is 5.69 Å². The van der Waals surface area contributed by atoms with Gasteiger partial charge in [-0.25, -0.2) is 0 Å². The molecule has 8 heteroatoms. The number of rotatable bonds is 2. The van der Waals surface area contributed by atoms with Crippen LogP contribution in [0.15, 0.2) is 63.2 Å². The van der Waals surface area contributed by atoms with E-state index in [0.29, 0.717) is 17.2 Å². The number of halogens is 1. The molecule has 1 aromatic heterocycles. The third-order valence-electron chi connectivity index (χ3n) is 4.59. The molecule has 28 heavy (non-hydrogen) atoms. The van der Waals surface area contributed by atoms with Gasteiger partial charge in [0.2, 0.25) is 5.88 Å². The molecule has 0 aliphatic carbocycles. The minimum Gasteiger partial charge on any atom is -0.494 e. The van der Waals surface area contributed by atoms with Crippen molar-refractivity contribution in [2.24, 2.45) is 12.0 Å². The van der Waals surface area contributed by atoms with Crippen LogP contribution in [0.5, 0.6) is 5.88 Å².